The fourth-order valence-corrected chi connectivity index (χ4v) is 3.14. The first-order chi connectivity index (χ1) is 14.4. The average molecular weight is 402 g/mol. The molecular weight excluding hydrogens is 376 g/mol. The number of ether oxygens (including phenoxy) is 1. The van der Waals surface area contributed by atoms with Crippen molar-refractivity contribution in [1.82, 2.24) is 5.32 Å². The summed E-state index contributed by atoms with van der Waals surface area (Å²) in [7, 11) is 0. The predicted molar refractivity (Wildman–Crippen MR) is 119 cm³/mol. The van der Waals surface area contributed by atoms with Crippen LogP contribution in [0.3, 0.4) is 0 Å². The van der Waals surface area contributed by atoms with Gasteiger partial charge in [0.25, 0.3) is 11.8 Å². The van der Waals surface area contributed by atoms with Crippen LogP contribution in [0.5, 0.6) is 5.75 Å². The molecule has 3 aromatic rings. The van der Waals surface area contributed by atoms with E-state index >= 15 is 0 Å². The maximum absolute atomic E-state index is 12.6. The molecule has 0 heterocycles. The number of amides is 2. The zero-order chi connectivity index (χ0) is 21.5. The van der Waals surface area contributed by atoms with E-state index in [1.165, 1.54) is 0 Å². The number of hydrogen-bond acceptors (Lipinski definition) is 3. The summed E-state index contributed by atoms with van der Waals surface area (Å²) in [5, 5.41) is 5.75. The van der Waals surface area contributed by atoms with Crippen LogP contribution in [-0.4, -0.2) is 18.4 Å². The van der Waals surface area contributed by atoms with Crippen LogP contribution in [0.4, 0.5) is 5.69 Å². The van der Waals surface area contributed by atoms with Gasteiger partial charge in [-0.25, -0.2) is 0 Å². The van der Waals surface area contributed by atoms with Crippen LogP contribution in [0.1, 0.15) is 40.0 Å². The molecule has 0 bridgehead atoms. The molecule has 0 spiro atoms. The molecule has 0 fully saturated rings. The van der Waals surface area contributed by atoms with E-state index in [-0.39, 0.29) is 24.5 Å². The Bertz CT molecular complexity index is 1030. The molecule has 0 saturated carbocycles. The van der Waals surface area contributed by atoms with Gasteiger partial charge in [0.05, 0.1) is 6.04 Å². The van der Waals surface area contributed by atoms with Gasteiger partial charge in [0.15, 0.2) is 6.61 Å². The van der Waals surface area contributed by atoms with Crippen molar-refractivity contribution in [2.75, 3.05) is 11.9 Å². The normalized spacial score (nSPS) is 11.4. The Hall–Kier alpha value is -3.60. The number of benzene rings is 3. The lowest BCUT2D eigenvalue weighted by Gasteiger charge is -2.15. The van der Waals surface area contributed by atoms with Crippen LogP contribution in [0.15, 0.2) is 72.8 Å². The summed E-state index contributed by atoms with van der Waals surface area (Å²) in [5.41, 5.74) is 4.17. The third-order valence-electron chi connectivity index (χ3n) is 4.74. The van der Waals surface area contributed by atoms with Gasteiger partial charge in [-0.1, -0.05) is 54.1 Å². The molecule has 30 heavy (non-hydrogen) atoms. The monoisotopic (exact) mass is 402 g/mol. The minimum Gasteiger partial charge on any atom is -0.483 e. The standard InChI is InChI=1S/C25H26N2O3/c1-17-12-13-23(18(2)14-17)30-16-24(28)27-22-11-7-10-21(15-22)25(29)26-19(3)20-8-5-4-6-9-20/h4-15,19H,16H2,1-3H3,(H,26,29)(H,27,28). The highest BCUT2D eigenvalue weighted by Gasteiger charge is 2.12. The number of hydrogen-bond donors (Lipinski definition) is 2. The molecule has 0 saturated heterocycles. The minimum atomic E-state index is -0.287. The molecule has 0 aliphatic heterocycles. The number of anilines is 1. The first kappa shape index (κ1) is 21.1. The van der Waals surface area contributed by atoms with Gasteiger partial charge < -0.3 is 15.4 Å². The Morgan fingerprint density at radius 3 is 2.43 bits per heavy atom. The molecule has 2 N–H and O–H groups in total. The number of aryl methyl sites for hydroxylation is 2. The van der Waals surface area contributed by atoms with Gasteiger partial charge in [0.2, 0.25) is 0 Å². The Morgan fingerprint density at radius 2 is 1.70 bits per heavy atom. The van der Waals surface area contributed by atoms with Crippen LogP contribution in [0, 0.1) is 13.8 Å². The van der Waals surface area contributed by atoms with Crippen LogP contribution in [0.25, 0.3) is 0 Å². The van der Waals surface area contributed by atoms with Gasteiger partial charge in [0, 0.05) is 11.3 Å². The fraction of sp³-hybridized carbons (Fsp3) is 0.200. The average Bonchev–Trinajstić information content (AvgIpc) is 2.74. The SMILES string of the molecule is Cc1ccc(OCC(=O)Nc2cccc(C(=O)NC(C)c3ccccc3)c2)c(C)c1. The van der Waals surface area contributed by atoms with Crippen molar-refractivity contribution in [3.63, 3.8) is 0 Å². The van der Waals surface area contributed by atoms with Crippen molar-refractivity contribution >= 4 is 17.5 Å². The molecule has 3 aromatic carbocycles. The van der Waals surface area contributed by atoms with Crippen LogP contribution >= 0.6 is 0 Å². The molecule has 1 atom stereocenters. The van der Waals surface area contributed by atoms with E-state index in [9.17, 15) is 9.59 Å². The molecule has 1 unspecified atom stereocenters. The zero-order valence-electron chi connectivity index (χ0n) is 17.4. The lowest BCUT2D eigenvalue weighted by atomic mass is 10.1. The molecule has 0 aliphatic rings. The van der Waals surface area contributed by atoms with E-state index in [1.54, 1.807) is 24.3 Å². The molecule has 154 valence electrons. The molecule has 0 aliphatic carbocycles. The smallest absolute Gasteiger partial charge is 0.262 e. The number of carbonyl (C=O) groups is 2. The highest BCUT2D eigenvalue weighted by atomic mass is 16.5. The largest absolute Gasteiger partial charge is 0.483 e. The molecule has 0 radical (unpaired) electrons. The summed E-state index contributed by atoms with van der Waals surface area (Å²) < 4.78 is 5.61. The molecule has 2 amide bonds. The van der Waals surface area contributed by atoms with E-state index in [1.807, 2.05) is 69.3 Å². The number of rotatable bonds is 7. The fourth-order valence-electron chi connectivity index (χ4n) is 3.14. The van der Waals surface area contributed by atoms with Crippen molar-refractivity contribution in [3.05, 3.63) is 95.1 Å². The summed E-state index contributed by atoms with van der Waals surface area (Å²) in [6, 6.07) is 22.3. The van der Waals surface area contributed by atoms with E-state index in [0.29, 0.717) is 17.0 Å². The van der Waals surface area contributed by atoms with Crippen LogP contribution in [-0.2, 0) is 4.79 Å². The summed E-state index contributed by atoms with van der Waals surface area (Å²) in [5.74, 6) is 0.193. The highest BCUT2D eigenvalue weighted by molar-refractivity contribution is 5.97. The van der Waals surface area contributed by atoms with Crippen LogP contribution < -0.4 is 15.4 Å². The third-order valence-corrected chi connectivity index (χ3v) is 4.74. The molecule has 5 nitrogen and oxygen atoms in total. The van der Waals surface area contributed by atoms with Crippen molar-refractivity contribution < 1.29 is 14.3 Å². The van der Waals surface area contributed by atoms with E-state index in [0.717, 1.165) is 16.7 Å². The Kier molecular flexibility index (Phi) is 6.86. The van der Waals surface area contributed by atoms with E-state index < -0.39 is 0 Å². The Balaban J connectivity index is 1.58. The first-order valence-corrected chi connectivity index (χ1v) is 9.88. The van der Waals surface area contributed by atoms with E-state index in [4.69, 9.17) is 4.74 Å². The van der Waals surface area contributed by atoms with Crippen molar-refractivity contribution in [2.45, 2.75) is 26.8 Å². The van der Waals surface area contributed by atoms with Crippen molar-refractivity contribution in [3.8, 4) is 5.75 Å². The van der Waals surface area contributed by atoms with Crippen molar-refractivity contribution in [2.24, 2.45) is 0 Å². The quantitative estimate of drug-likeness (QED) is 0.596. The van der Waals surface area contributed by atoms with Gasteiger partial charge in [-0.3, -0.25) is 9.59 Å². The summed E-state index contributed by atoms with van der Waals surface area (Å²) in [6.45, 7) is 5.78. The van der Waals surface area contributed by atoms with Gasteiger partial charge in [0.1, 0.15) is 5.75 Å². The first-order valence-electron chi connectivity index (χ1n) is 9.88. The molecule has 0 aromatic heterocycles. The number of nitrogens with one attached hydrogen (secondary N) is 2. The molecule has 5 heteroatoms. The second-order valence-corrected chi connectivity index (χ2v) is 7.29. The van der Waals surface area contributed by atoms with Gasteiger partial charge in [-0.15, -0.1) is 0 Å². The maximum Gasteiger partial charge on any atom is 0.262 e. The second kappa shape index (κ2) is 9.74. The lowest BCUT2D eigenvalue weighted by Crippen LogP contribution is -2.27. The summed E-state index contributed by atoms with van der Waals surface area (Å²) >= 11 is 0. The van der Waals surface area contributed by atoms with Gasteiger partial charge in [-0.2, -0.15) is 0 Å². The summed E-state index contributed by atoms with van der Waals surface area (Å²) in [6.07, 6.45) is 0. The number of carbonyl (C=O) groups excluding carboxylic acids is 2. The Labute approximate surface area is 177 Å². The Morgan fingerprint density at radius 1 is 0.933 bits per heavy atom. The molecule has 3 rings (SSSR count). The predicted octanol–water partition coefficient (Wildman–Crippen LogP) is 4.81. The third kappa shape index (κ3) is 5.70. The highest BCUT2D eigenvalue weighted by Crippen LogP contribution is 2.19. The van der Waals surface area contributed by atoms with E-state index in [2.05, 4.69) is 10.6 Å². The lowest BCUT2D eigenvalue weighted by molar-refractivity contribution is -0.118. The summed E-state index contributed by atoms with van der Waals surface area (Å²) in [4.78, 5) is 24.9. The second-order valence-electron chi connectivity index (χ2n) is 7.29. The maximum atomic E-state index is 12.6. The van der Waals surface area contributed by atoms with Gasteiger partial charge in [-0.05, 0) is 56.2 Å². The van der Waals surface area contributed by atoms with Crippen LogP contribution in [0.2, 0.25) is 0 Å². The minimum absolute atomic E-state index is 0.106. The zero-order valence-corrected chi connectivity index (χ0v) is 17.4. The van der Waals surface area contributed by atoms with Crippen molar-refractivity contribution in [1.29, 1.82) is 0 Å². The molecular formula is C25H26N2O3. The van der Waals surface area contributed by atoms with Gasteiger partial charge >= 0.3 is 0 Å². The topological polar surface area (TPSA) is 67.4 Å².